The van der Waals surface area contributed by atoms with E-state index in [2.05, 4.69) is 20.7 Å². The smallest absolute Gasteiger partial charge is 0.239 e. The molecule has 36 heavy (non-hydrogen) atoms. The van der Waals surface area contributed by atoms with Gasteiger partial charge in [-0.2, -0.15) is 0 Å². The summed E-state index contributed by atoms with van der Waals surface area (Å²) in [5.41, 5.74) is 0.459. The Labute approximate surface area is 214 Å². The normalized spacial score (nSPS) is 16.2. The van der Waals surface area contributed by atoms with Gasteiger partial charge in [0, 0.05) is 24.5 Å². The van der Waals surface area contributed by atoms with E-state index in [9.17, 15) is 23.5 Å². The first kappa shape index (κ1) is 27.9. The van der Waals surface area contributed by atoms with Crippen molar-refractivity contribution in [1.29, 1.82) is 0 Å². The summed E-state index contributed by atoms with van der Waals surface area (Å²) in [5, 5.41) is 9.92. The summed E-state index contributed by atoms with van der Waals surface area (Å²) < 4.78 is 27.3. The van der Waals surface area contributed by atoms with E-state index < -0.39 is 45.5 Å². The summed E-state index contributed by atoms with van der Waals surface area (Å²) in [7, 11) is -3.71. The molecule has 1 fully saturated rings. The van der Waals surface area contributed by atoms with E-state index in [1.807, 2.05) is 42.5 Å². The van der Waals surface area contributed by atoms with Crippen molar-refractivity contribution in [3.8, 4) is 0 Å². The molecule has 9 nitrogen and oxygen atoms in total. The number of sulfonamides is 1. The van der Waals surface area contributed by atoms with E-state index >= 15 is 0 Å². The summed E-state index contributed by atoms with van der Waals surface area (Å²) in [5.74, 6) is -1.34. The van der Waals surface area contributed by atoms with Crippen LogP contribution < -0.4 is 20.7 Å². The second-order valence-electron chi connectivity index (χ2n) is 10.4. The van der Waals surface area contributed by atoms with E-state index in [1.165, 1.54) is 0 Å². The minimum absolute atomic E-state index is 0.00673. The van der Waals surface area contributed by atoms with Gasteiger partial charge in [-0.15, -0.1) is 0 Å². The van der Waals surface area contributed by atoms with E-state index in [0.717, 1.165) is 16.3 Å². The van der Waals surface area contributed by atoms with Gasteiger partial charge >= 0.3 is 0 Å². The molecule has 10 heteroatoms. The molecule has 0 heterocycles. The molecule has 0 unspecified atom stereocenters. The quantitative estimate of drug-likeness (QED) is 0.361. The molecule has 0 spiro atoms. The van der Waals surface area contributed by atoms with Gasteiger partial charge in [0.15, 0.2) is 0 Å². The van der Waals surface area contributed by atoms with Crippen LogP contribution in [0.25, 0.3) is 10.8 Å². The van der Waals surface area contributed by atoms with Gasteiger partial charge in [-0.05, 0) is 62.1 Å². The number of hydrogen-bond acceptors (Lipinski definition) is 6. The van der Waals surface area contributed by atoms with Crippen molar-refractivity contribution in [3.63, 3.8) is 0 Å². The van der Waals surface area contributed by atoms with Crippen LogP contribution in [0.5, 0.6) is 0 Å². The molecule has 1 aliphatic carbocycles. The first-order valence-electron chi connectivity index (χ1n) is 12.2. The highest BCUT2D eigenvalue weighted by molar-refractivity contribution is 8.23. The highest BCUT2D eigenvalue weighted by Gasteiger charge is 2.31. The van der Waals surface area contributed by atoms with Crippen LogP contribution in [0.1, 0.15) is 58.9 Å². The molecule has 0 bridgehead atoms. The second-order valence-corrected chi connectivity index (χ2v) is 12.4. The maximum atomic E-state index is 12.9. The topological polar surface area (TPSA) is 145 Å². The molecule has 0 aliphatic heterocycles. The third-order valence-corrected chi connectivity index (χ3v) is 7.69. The Hall–Kier alpha value is -2.66. The predicted molar refractivity (Wildman–Crippen MR) is 140 cm³/mol. The van der Waals surface area contributed by atoms with E-state index in [-0.39, 0.29) is 18.7 Å². The largest absolute Gasteiger partial charge is 0.787 e. The molecular formula is C26H36N4O5S-2. The van der Waals surface area contributed by atoms with Crippen molar-refractivity contribution in [3.05, 3.63) is 48.0 Å². The predicted octanol–water partition coefficient (Wildman–Crippen LogP) is 2.76. The molecule has 198 valence electrons. The van der Waals surface area contributed by atoms with Crippen molar-refractivity contribution in [2.45, 2.75) is 82.8 Å². The van der Waals surface area contributed by atoms with Crippen molar-refractivity contribution in [2.75, 3.05) is 0 Å². The summed E-state index contributed by atoms with van der Waals surface area (Å²) in [6.45, 7) is 7.41. The highest BCUT2D eigenvalue weighted by atomic mass is 32.3. The van der Waals surface area contributed by atoms with Crippen LogP contribution in [-0.4, -0.2) is 49.7 Å². The van der Waals surface area contributed by atoms with Gasteiger partial charge in [0.25, 0.3) is 0 Å². The van der Waals surface area contributed by atoms with Crippen molar-refractivity contribution < 1.29 is 23.5 Å². The second kappa shape index (κ2) is 11.6. The number of rotatable bonds is 11. The van der Waals surface area contributed by atoms with Crippen molar-refractivity contribution in [2.24, 2.45) is 0 Å². The Kier molecular flexibility index (Phi) is 8.99. The van der Waals surface area contributed by atoms with Crippen LogP contribution in [0.15, 0.2) is 42.5 Å². The Morgan fingerprint density at radius 3 is 2.33 bits per heavy atom. The molecule has 0 saturated heterocycles. The SMILES string of the molecule is C[C@@H](CC(=O)NCc1cccc2ccccc12)NC(=O)[C@H](CC(=O)NC(C)(C)C)NS([O-])([O-])C1CC1. The number of fused-ring (bicyclic) bond motifs is 1. The fourth-order valence-electron chi connectivity index (χ4n) is 3.90. The van der Waals surface area contributed by atoms with E-state index in [1.54, 1.807) is 27.7 Å². The lowest BCUT2D eigenvalue weighted by Crippen LogP contribution is -2.52. The summed E-state index contributed by atoms with van der Waals surface area (Å²) in [6, 6.07) is 12.0. The molecule has 0 aromatic heterocycles. The van der Waals surface area contributed by atoms with Gasteiger partial charge in [-0.25, -0.2) is 0 Å². The highest BCUT2D eigenvalue weighted by Crippen LogP contribution is 2.52. The molecule has 3 amide bonds. The molecule has 2 atom stereocenters. The van der Waals surface area contributed by atoms with Crippen LogP contribution in [0.4, 0.5) is 0 Å². The lowest BCUT2D eigenvalue weighted by molar-refractivity contribution is -0.129. The van der Waals surface area contributed by atoms with Gasteiger partial charge in [0.2, 0.25) is 17.7 Å². The lowest BCUT2D eigenvalue weighted by atomic mass is 10.0. The van der Waals surface area contributed by atoms with Gasteiger partial charge in [-0.1, -0.05) is 42.5 Å². The average Bonchev–Trinajstić information content (AvgIpc) is 3.62. The zero-order valence-electron chi connectivity index (χ0n) is 21.3. The number of nitrogens with one attached hydrogen (secondary N) is 4. The van der Waals surface area contributed by atoms with E-state index in [0.29, 0.717) is 19.4 Å². The van der Waals surface area contributed by atoms with Crippen LogP contribution in [0, 0.1) is 0 Å². The Balaban J connectivity index is 1.56. The van der Waals surface area contributed by atoms with E-state index in [4.69, 9.17) is 0 Å². The molecule has 3 rings (SSSR count). The minimum atomic E-state index is -3.71. The number of amides is 3. The first-order valence-corrected chi connectivity index (χ1v) is 13.7. The standard InChI is InChI=1S/C26H38N4O5S/c1-17(14-23(31)27-16-19-10-7-9-18-8-5-6-11-21(18)19)28-25(33)22(15-24(32)29-26(2,3)4)30-36(34,35)20-12-13-20/h5-11,17,20,22,30,34-35H,12-16H2,1-4H3,(H,27,31)(H,28,33)(H,29,32)/p-2/t17-,22-/m0/s1. The Bertz CT molecular complexity index is 1090. The molecule has 2 aromatic rings. The number of carbonyl (C=O) groups is 3. The number of hydrogen-bond donors (Lipinski definition) is 4. The Morgan fingerprint density at radius 2 is 1.67 bits per heavy atom. The molecule has 1 saturated carbocycles. The molecule has 4 N–H and O–H groups in total. The first-order chi connectivity index (χ1) is 16.8. The lowest BCUT2D eigenvalue weighted by Gasteiger charge is -2.62. The monoisotopic (exact) mass is 516 g/mol. The third-order valence-electron chi connectivity index (χ3n) is 5.73. The summed E-state index contributed by atoms with van der Waals surface area (Å²) >= 11 is 0. The number of benzene rings is 2. The van der Waals surface area contributed by atoms with Crippen molar-refractivity contribution >= 4 is 39.3 Å². The maximum absolute atomic E-state index is 12.9. The zero-order valence-corrected chi connectivity index (χ0v) is 22.1. The Morgan fingerprint density at radius 1 is 1.00 bits per heavy atom. The van der Waals surface area contributed by atoms with Crippen molar-refractivity contribution in [1.82, 2.24) is 20.7 Å². The number of carbonyl (C=O) groups excluding carboxylic acids is 3. The van der Waals surface area contributed by atoms with Gasteiger partial charge < -0.3 is 35.8 Å². The third kappa shape index (κ3) is 8.48. The van der Waals surface area contributed by atoms with Crippen LogP contribution in [-0.2, 0) is 20.9 Å². The van der Waals surface area contributed by atoms with Gasteiger partial charge in [0.1, 0.15) is 6.04 Å². The fourth-order valence-corrected chi connectivity index (χ4v) is 5.44. The average molecular weight is 517 g/mol. The minimum Gasteiger partial charge on any atom is -0.787 e. The van der Waals surface area contributed by atoms with Gasteiger partial charge in [-0.3, -0.25) is 19.1 Å². The molecular weight excluding hydrogens is 480 g/mol. The molecule has 0 radical (unpaired) electrons. The summed E-state index contributed by atoms with van der Waals surface area (Å²) in [4.78, 5) is 37.9. The van der Waals surface area contributed by atoms with Gasteiger partial charge in [0.05, 0.1) is 6.42 Å². The van der Waals surface area contributed by atoms with Crippen LogP contribution in [0.3, 0.4) is 0 Å². The zero-order chi connectivity index (χ0) is 26.5. The maximum Gasteiger partial charge on any atom is 0.239 e. The molecule has 1 aliphatic rings. The molecule has 2 aromatic carbocycles. The van der Waals surface area contributed by atoms with Crippen LogP contribution in [0.2, 0.25) is 0 Å². The van der Waals surface area contributed by atoms with Crippen LogP contribution >= 0.6 is 10.8 Å². The fraction of sp³-hybridized carbons (Fsp3) is 0.500. The summed E-state index contributed by atoms with van der Waals surface area (Å²) in [6.07, 6.45) is 0.734.